The molecule has 4 N–H and O–H groups in total. The fourth-order valence-corrected chi connectivity index (χ4v) is 2.17. The van der Waals surface area contributed by atoms with Crippen molar-refractivity contribution in [3.05, 3.63) is 60.2 Å². The number of hydrogen-bond donors (Lipinski definition) is 2. The van der Waals surface area contributed by atoms with Gasteiger partial charge in [0.25, 0.3) is 0 Å². The van der Waals surface area contributed by atoms with Gasteiger partial charge in [-0.05, 0) is 35.7 Å². The molecule has 0 aliphatic carbocycles. The summed E-state index contributed by atoms with van der Waals surface area (Å²) in [5.74, 6) is 0. The van der Waals surface area contributed by atoms with Gasteiger partial charge in [0.1, 0.15) is 0 Å². The summed E-state index contributed by atoms with van der Waals surface area (Å²) in [6, 6.07) is 7.53. The minimum Gasteiger partial charge on any atom is -0.398 e. The van der Waals surface area contributed by atoms with Crippen molar-refractivity contribution < 1.29 is 0 Å². The molecule has 0 amide bonds. The molecule has 0 aliphatic heterocycles. The Morgan fingerprint density at radius 2 is 1.80 bits per heavy atom. The van der Waals surface area contributed by atoms with Gasteiger partial charge in [0.15, 0.2) is 0 Å². The molecule has 0 fully saturated rings. The lowest BCUT2D eigenvalue weighted by Gasteiger charge is -2.13. The van der Waals surface area contributed by atoms with Gasteiger partial charge in [-0.2, -0.15) is 0 Å². The Kier molecular flexibility index (Phi) is 3.26. The molecule has 20 heavy (non-hydrogen) atoms. The van der Waals surface area contributed by atoms with E-state index in [-0.39, 0.29) is 6.04 Å². The average molecular weight is 265 g/mol. The second-order valence-corrected chi connectivity index (χ2v) is 4.69. The first-order valence-corrected chi connectivity index (χ1v) is 6.38. The van der Waals surface area contributed by atoms with Crippen molar-refractivity contribution in [3.63, 3.8) is 0 Å². The molecule has 1 aromatic carbocycles. The third-order valence-corrected chi connectivity index (χ3v) is 3.30. The first-order chi connectivity index (χ1) is 9.74. The molecule has 100 valence electrons. The summed E-state index contributed by atoms with van der Waals surface area (Å²) >= 11 is 0. The number of benzene rings is 1. The summed E-state index contributed by atoms with van der Waals surface area (Å²) in [5.41, 5.74) is 16.6. The predicted octanol–water partition coefficient (Wildman–Crippen LogP) is 1.85. The zero-order valence-electron chi connectivity index (χ0n) is 10.9. The summed E-state index contributed by atoms with van der Waals surface area (Å²) in [7, 11) is 0. The molecule has 0 bridgehead atoms. The van der Waals surface area contributed by atoms with Crippen molar-refractivity contribution in [2.45, 2.75) is 12.5 Å². The van der Waals surface area contributed by atoms with Crippen molar-refractivity contribution in [1.29, 1.82) is 0 Å². The number of rotatable bonds is 3. The Bertz CT molecular complexity index is 741. The number of nitrogens with two attached hydrogens (primary N) is 2. The Labute approximate surface area is 116 Å². The average Bonchev–Trinajstić information content (AvgIpc) is 2.49. The third-order valence-electron chi connectivity index (χ3n) is 3.30. The van der Waals surface area contributed by atoms with E-state index in [0.29, 0.717) is 6.42 Å². The van der Waals surface area contributed by atoms with E-state index in [1.165, 1.54) is 0 Å². The van der Waals surface area contributed by atoms with Crippen LogP contribution in [0.5, 0.6) is 0 Å². The van der Waals surface area contributed by atoms with Crippen LogP contribution in [-0.2, 0) is 6.42 Å². The Morgan fingerprint density at radius 3 is 2.60 bits per heavy atom. The maximum absolute atomic E-state index is 6.26. The zero-order chi connectivity index (χ0) is 13.9. The molecule has 3 aromatic rings. The maximum atomic E-state index is 6.26. The van der Waals surface area contributed by atoms with Gasteiger partial charge >= 0.3 is 0 Å². The van der Waals surface area contributed by atoms with Crippen LogP contribution in [0.2, 0.25) is 0 Å². The monoisotopic (exact) mass is 265 g/mol. The van der Waals surface area contributed by atoms with Crippen LogP contribution in [0.3, 0.4) is 0 Å². The van der Waals surface area contributed by atoms with Gasteiger partial charge in [-0.3, -0.25) is 15.0 Å². The topological polar surface area (TPSA) is 90.7 Å². The van der Waals surface area contributed by atoms with E-state index in [1.807, 2.05) is 18.2 Å². The first-order valence-electron chi connectivity index (χ1n) is 6.38. The summed E-state index contributed by atoms with van der Waals surface area (Å²) in [6.07, 6.45) is 7.44. The number of nitrogens with zero attached hydrogens (tertiary/aromatic N) is 3. The van der Waals surface area contributed by atoms with Crippen molar-refractivity contribution in [1.82, 2.24) is 15.0 Å². The molecule has 0 saturated heterocycles. The van der Waals surface area contributed by atoms with Crippen LogP contribution < -0.4 is 11.5 Å². The summed E-state index contributed by atoms with van der Waals surface area (Å²) in [4.78, 5) is 12.6. The van der Waals surface area contributed by atoms with Gasteiger partial charge in [-0.15, -0.1) is 0 Å². The molecule has 2 heterocycles. The number of fused-ring (bicyclic) bond motifs is 1. The Morgan fingerprint density at radius 1 is 1.00 bits per heavy atom. The quantitative estimate of drug-likeness (QED) is 0.754. The molecular formula is C15H15N5. The molecule has 0 radical (unpaired) electrons. The van der Waals surface area contributed by atoms with Gasteiger partial charge < -0.3 is 11.5 Å². The molecule has 5 heteroatoms. The summed E-state index contributed by atoms with van der Waals surface area (Å²) in [5, 5.41) is 0. The lowest BCUT2D eigenvalue weighted by atomic mass is 9.99. The Hall–Kier alpha value is -2.53. The van der Waals surface area contributed by atoms with Gasteiger partial charge in [0.2, 0.25) is 0 Å². The van der Waals surface area contributed by atoms with E-state index in [2.05, 4.69) is 15.0 Å². The van der Waals surface area contributed by atoms with E-state index < -0.39 is 0 Å². The van der Waals surface area contributed by atoms with E-state index in [9.17, 15) is 0 Å². The highest BCUT2D eigenvalue weighted by atomic mass is 14.8. The number of nitrogen functional groups attached to an aromatic ring is 1. The van der Waals surface area contributed by atoms with Crippen LogP contribution in [-0.4, -0.2) is 15.0 Å². The highest BCUT2D eigenvalue weighted by Gasteiger charge is 2.10. The fourth-order valence-electron chi connectivity index (χ4n) is 2.17. The SMILES string of the molecule is Nc1ccncc1CC(N)c1ccc2nccnc2c1. The van der Waals surface area contributed by atoms with E-state index in [0.717, 1.165) is 27.8 Å². The predicted molar refractivity (Wildman–Crippen MR) is 78.8 cm³/mol. The van der Waals surface area contributed by atoms with Crippen molar-refractivity contribution >= 4 is 16.7 Å². The lowest BCUT2D eigenvalue weighted by Crippen LogP contribution is -2.14. The van der Waals surface area contributed by atoms with E-state index in [4.69, 9.17) is 11.5 Å². The highest BCUT2D eigenvalue weighted by molar-refractivity contribution is 5.74. The number of aromatic nitrogens is 3. The first kappa shape index (κ1) is 12.5. The number of pyridine rings is 1. The molecule has 0 spiro atoms. The summed E-state index contributed by atoms with van der Waals surface area (Å²) < 4.78 is 0. The molecule has 0 saturated carbocycles. The standard InChI is InChI=1S/C15H15N5/c16-12-3-4-18-9-11(12)7-13(17)10-1-2-14-15(8-10)20-6-5-19-14/h1-6,8-9,13H,7,17H2,(H2,16,18). The van der Waals surface area contributed by atoms with Crippen LogP contribution in [0.4, 0.5) is 5.69 Å². The van der Waals surface area contributed by atoms with Crippen molar-refractivity contribution in [3.8, 4) is 0 Å². The molecule has 1 unspecified atom stereocenters. The highest BCUT2D eigenvalue weighted by Crippen LogP contribution is 2.21. The van der Waals surface area contributed by atoms with Crippen LogP contribution in [0.1, 0.15) is 17.2 Å². The zero-order valence-corrected chi connectivity index (χ0v) is 10.9. The van der Waals surface area contributed by atoms with Crippen LogP contribution >= 0.6 is 0 Å². The molecular weight excluding hydrogens is 250 g/mol. The van der Waals surface area contributed by atoms with E-state index >= 15 is 0 Å². The second kappa shape index (κ2) is 5.22. The molecule has 5 nitrogen and oxygen atoms in total. The van der Waals surface area contributed by atoms with Crippen molar-refractivity contribution in [2.24, 2.45) is 5.73 Å². The lowest BCUT2D eigenvalue weighted by molar-refractivity contribution is 0.722. The second-order valence-electron chi connectivity index (χ2n) is 4.69. The minimum atomic E-state index is -0.145. The molecule has 3 rings (SSSR count). The number of anilines is 1. The summed E-state index contributed by atoms with van der Waals surface area (Å²) in [6.45, 7) is 0. The largest absolute Gasteiger partial charge is 0.398 e. The van der Waals surface area contributed by atoms with Gasteiger partial charge in [-0.1, -0.05) is 6.07 Å². The fraction of sp³-hybridized carbons (Fsp3) is 0.133. The van der Waals surface area contributed by atoms with Gasteiger partial charge in [0.05, 0.1) is 11.0 Å². The molecule has 1 atom stereocenters. The van der Waals surface area contributed by atoms with Gasteiger partial charge in [0, 0.05) is 36.5 Å². The van der Waals surface area contributed by atoms with Crippen LogP contribution in [0.15, 0.2) is 49.1 Å². The Balaban J connectivity index is 1.89. The minimum absolute atomic E-state index is 0.145. The third kappa shape index (κ3) is 2.44. The maximum Gasteiger partial charge on any atom is 0.0890 e. The van der Waals surface area contributed by atoms with Crippen LogP contribution in [0, 0.1) is 0 Å². The molecule has 2 aromatic heterocycles. The van der Waals surface area contributed by atoms with Gasteiger partial charge in [-0.25, -0.2) is 0 Å². The van der Waals surface area contributed by atoms with E-state index in [1.54, 1.807) is 30.9 Å². The number of hydrogen-bond acceptors (Lipinski definition) is 5. The normalized spacial score (nSPS) is 12.4. The van der Waals surface area contributed by atoms with Crippen LogP contribution in [0.25, 0.3) is 11.0 Å². The molecule has 0 aliphatic rings. The smallest absolute Gasteiger partial charge is 0.0890 e. The van der Waals surface area contributed by atoms with Crippen molar-refractivity contribution in [2.75, 3.05) is 5.73 Å².